The molecule has 0 saturated carbocycles. The highest BCUT2D eigenvalue weighted by Crippen LogP contribution is 2.41. The minimum atomic E-state index is -0.0441. The summed E-state index contributed by atoms with van der Waals surface area (Å²) in [4.78, 5) is 20.0. The van der Waals surface area contributed by atoms with Gasteiger partial charge in [-0.2, -0.15) is 0 Å². The zero-order valence-corrected chi connectivity index (χ0v) is 27.4. The predicted octanol–water partition coefficient (Wildman–Crippen LogP) is 9.95. The van der Waals surface area contributed by atoms with Gasteiger partial charge in [0, 0.05) is 6.20 Å². The molecular formula is C36H50N4. The van der Waals surface area contributed by atoms with Crippen molar-refractivity contribution in [1.82, 2.24) is 9.97 Å². The quantitative estimate of drug-likeness (QED) is 0.310. The number of rotatable bonds is 4. The maximum atomic E-state index is 5.23. The van der Waals surface area contributed by atoms with E-state index in [1.54, 1.807) is 0 Å². The minimum Gasteiger partial charge on any atom is -0.251 e. The molecule has 0 spiro atoms. The SMILES string of the molecule is CC(=Nc1c(C(C)(C)C)cccc1C(C)(C)C)c1ccnc(C(C)=Nc2c(C(C)(C)C)cccc2C(C)(C)C)n1. The van der Waals surface area contributed by atoms with Crippen LogP contribution in [-0.4, -0.2) is 21.4 Å². The first-order chi connectivity index (χ1) is 18.2. The lowest BCUT2D eigenvalue weighted by Gasteiger charge is -2.28. The summed E-state index contributed by atoms with van der Waals surface area (Å²) in [5, 5.41) is 0. The average molecular weight is 539 g/mol. The average Bonchev–Trinajstić information content (AvgIpc) is 2.81. The summed E-state index contributed by atoms with van der Waals surface area (Å²) in [5.41, 5.74) is 9.29. The third-order valence-corrected chi connectivity index (χ3v) is 7.21. The number of nitrogens with zero attached hydrogens (tertiary/aromatic N) is 4. The molecule has 0 saturated heterocycles. The van der Waals surface area contributed by atoms with Crippen LogP contribution in [0.25, 0.3) is 0 Å². The summed E-state index contributed by atoms with van der Waals surface area (Å²) in [7, 11) is 0. The highest BCUT2D eigenvalue weighted by atomic mass is 14.9. The van der Waals surface area contributed by atoms with Crippen LogP contribution < -0.4 is 0 Å². The molecule has 0 atom stereocenters. The van der Waals surface area contributed by atoms with Crippen LogP contribution >= 0.6 is 0 Å². The number of benzene rings is 2. The number of para-hydroxylation sites is 2. The van der Waals surface area contributed by atoms with Crippen molar-refractivity contribution in [3.05, 3.63) is 82.4 Å². The summed E-state index contributed by atoms with van der Waals surface area (Å²) in [6, 6.07) is 15.0. The van der Waals surface area contributed by atoms with Crippen LogP contribution in [0.5, 0.6) is 0 Å². The van der Waals surface area contributed by atoms with Gasteiger partial charge in [0.15, 0.2) is 5.82 Å². The van der Waals surface area contributed by atoms with Crippen LogP contribution in [0.15, 0.2) is 58.6 Å². The second kappa shape index (κ2) is 11.0. The van der Waals surface area contributed by atoms with Gasteiger partial charge in [-0.25, -0.2) is 15.0 Å². The van der Waals surface area contributed by atoms with E-state index in [4.69, 9.17) is 15.0 Å². The fraction of sp³-hybridized carbons (Fsp3) is 0.500. The molecule has 214 valence electrons. The van der Waals surface area contributed by atoms with Gasteiger partial charge in [0.1, 0.15) is 0 Å². The molecule has 4 heteroatoms. The summed E-state index contributed by atoms with van der Waals surface area (Å²) in [5.74, 6) is 0.621. The second-order valence-electron chi connectivity index (χ2n) is 15.1. The Kier molecular flexibility index (Phi) is 8.65. The molecule has 0 aliphatic heterocycles. The Balaban J connectivity index is 2.17. The molecule has 2 aromatic carbocycles. The zero-order chi connectivity index (χ0) is 30.3. The zero-order valence-electron chi connectivity index (χ0n) is 27.4. The highest BCUT2D eigenvalue weighted by molar-refractivity contribution is 6.01. The van der Waals surface area contributed by atoms with Crippen molar-refractivity contribution in [2.45, 2.75) is 119 Å². The van der Waals surface area contributed by atoms with Gasteiger partial charge in [0.2, 0.25) is 0 Å². The molecule has 4 nitrogen and oxygen atoms in total. The third kappa shape index (κ3) is 7.13. The number of hydrogen-bond acceptors (Lipinski definition) is 4. The summed E-state index contributed by atoms with van der Waals surface area (Å²) >= 11 is 0. The maximum absolute atomic E-state index is 5.23. The molecular weight excluding hydrogens is 488 g/mol. The van der Waals surface area contributed by atoms with E-state index in [0.717, 1.165) is 28.5 Å². The first-order valence-electron chi connectivity index (χ1n) is 14.4. The third-order valence-electron chi connectivity index (χ3n) is 7.21. The molecule has 3 rings (SSSR count). The van der Waals surface area contributed by atoms with Crippen molar-refractivity contribution >= 4 is 22.8 Å². The molecule has 40 heavy (non-hydrogen) atoms. The lowest BCUT2D eigenvalue weighted by atomic mass is 9.79. The molecule has 0 amide bonds. The molecule has 0 aliphatic rings. The van der Waals surface area contributed by atoms with Crippen molar-refractivity contribution in [3.63, 3.8) is 0 Å². The smallest absolute Gasteiger partial charge is 0.174 e. The molecule has 1 aromatic heterocycles. The van der Waals surface area contributed by atoms with Gasteiger partial charge in [-0.05, 0) is 63.8 Å². The fourth-order valence-corrected chi connectivity index (χ4v) is 4.93. The molecule has 3 aromatic rings. The van der Waals surface area contributed by atoms with Crippen LogP contribution in [-0.2, 0) is 21.7 Å². The van der Waals surface area contributed by atoms with Gasteiger partial charge in [-0.15, -0.1) is 0 Å². The Morgan fingerprint density at radius 1 is 0.525 bits per heavy atom. The lowest BCUT2D eigenvalue weighted by molar-refractivity contribution is 0.570. The van der Waals surface area contributed by atoms with E-state index >= 15 is 0 Å². The summed E-state index contributed by atoms with van der Waals surface area (Å²) < 4.78 is 0. The molecule has 1 heterocycles. The van der Waals surface area contributed by atoms with E-state index in [2.05, 4.69) is 124 Å². The van der Waals surface area contributed by atoms with Gasteiger partial charge < -0.3 is 0 Å². The molecule has 0 unspecified atom stereocenters. The largest absolute Gasteiger partial charge is 0.251 e. The van der Waals surface area contributed by atoms with Gasteiger partial charge in [-0.1, -0.05) is 119 Å². The molecule has 0 fully saturated rings. The van der Waals surface area contributed by atoms with Crippen molar-refractivity contribution in [2.75, 3.05) is 0 Å². The predicted molar refractivity (Wildman–Crippen MR) is 173 cm³/mol. The Labute approximate surface area is 243 Å². The monoisotopic (exact) mass is 538 g/mol. The van der Waals surface area contributed by atoms with E-state index in [-0.39, 0.29) is 21.7 Å². The molecule has 0 radical (unpaired) electrons. The fourth-order valence-electron chi connectivity index (χ4n) is 4.93. The highest BCUT2D eigenvalue weighted by Gasteiger charge is 2.27. The molecule has 0 aliphatic carbocycles. The minimum absolute atomic E-state index is 0.0361. The number of aromatic nitrogens is 2. The lowest BCUT2D eigenvalue weighted by Crippen LogP contribution is -2.18. The van der Waals surface area contributed by atoms with Crippen LogP contribution in [0.3, 0.4) is 0 Å². The summed E-state index contributed by atoms with van der Waals surface area (Å²) in [6.07, 6.45) is 1.82. The second-order valence-corrected chi connectivity index (χ2v) is 15.1. The van der Waals surface area contributed by atoms with Crippen molar-refractivity contribution in [2.24, 2.45) is 9.98 Å². The van der Waals surface area contributed by atoms with Gasteiger partial charge in [0.25, 0.3) is 0 Å². The number of aliphatic imine (C=N–C) groups is 2. The van der Waals surface area contributed by atoms with Crippen molar-refractivity contribution < 1.29 is 0 Å². The Morgan fingerprint density at radius 3 is 1.23 bits per heavy atom. The van der Waals surface area contributed by atoms with Gasteiger partial charge in [-0.3, -0.25) is 4.99 Å². The van der Waals surface area contributed by atoms with E-state index in [0.29, 0.717) is 5.82 Å². The van der Waals surface area contributed by atoms with E-state index in [1.165, 1.54) is 22.3 Å². The maximum Gasteiger partial charge on any atom is 0.174 e. The summed E-state index contributed by atoms with van der Waals surface area (Å²) in [6.45, 7) is 30.9. The van der Waals surface area contributed by atoms with Crippen molar-refractivity contribution in [3.8, 4) is 0 Å². The Bertz CT molecular complexity index is 1260. The number of hydrogen-bond donors (Lipinski definition) is 0. The topological polar surface area (TPSA) is 50.5 Å². The van der Waals surface area contributed by atoms with Gasteiger partial charge in [0.05, 0.1) is 28.5 Å². The van der Waals surface area contributed by atoms with Crippen LogP contribution in [0.1, 0.15) is 131 Å². The van der Waals surface area contributed by atoms with Crippen molar-refractivity contribution in [1.29, 1.82) is 0 Å². The first-order valence-corrected chi connectivity index (χ1v) is 14.4. The van der Waals surface area contributed by atoms with E-state index in [1.807, 2.05) is 26.1 Å². The standard InChI is InChI=1S/C36H50N4/c1-23(38-30-25(33(3,4)5)17-15-18-26(30)34(6,7)8)29-21-22-37-32(40-29)24(2)39-31-27(35(9,10)11)19-16-20-28(31)36(12,13)14/h15-22H,1-14H3. The Morgan fingerprint density at radius 2 is 0.875 bits per heavy atom. The van der Waals surface area contributed by atoms with Gasteiger partial charge >= 0.3 is 0 Å². The normalized spacial score (nSPS) is 14.1. The molecule has 0 N–H and O–H groups in total. The molecule has 0 bridgehead atoms. The Hall–Kier alpha value is -3.14. The van der Waals surface area contributed by atoms with E-state index < -0.39 is 0 Å². The van der Waals surface area contributed by atoms with Crippen LogP contribution in [0.4, 0.5) is 11.4 Å². The van der Waals surface area contributed by atoms with Crippen LogP contribution in [0, 0.1) is 0 Å². The first kappa shape index (κ1) is 31.4. The van der Waals surface area contributed by atoms with E-state index in [9.17, 15) is 0 Å². The van der Waals surface area contributed by atoms with Crippen LogP contribution in [0.2, 0.25) is 0 Å².